The number of hydrogen-bond donors (Lipinski definition) is 1. The molecule has 0 bridgehead atoms. The van der Waals surface area contributed by atoms with Crippen LogP contribution in [-0.2, 0) is 5.60 Å². The molecule has 1 N–H and O–H groups in total. The highest BCUT2D eigenvalue weighted by molar-refractivity contribution is 9.10. The average Bonchev–Trinajstić information content (AvgIpc) is 2.82. The zero-order valence-electron chi connectivity index (χ0n) is 10.5. The van der Waals surface area contributed by atoms with Crippen molar-refractivity contribution < 1.29 is 9.50 Å². The molecule has 1 aromatic rings. The molecular weight excluding hydrogens is 333 g/mol. The summed E-state index contributed by atoms with van der Waals surface area (Å²) in [6.45, 7) is 1.93. The molecule has 2 unspecified atom stereocenters. The second-order valence-electron chi connectivity index (χ2n) is 5.54. The molecule has 2 aliphatic heterocycles. The Labute approximate surface area is 125 Å². The minimum absolute atomic E-state index is 0.0553. The van der Waals surface area contributed by atoms with Gasteiger partial charge in [-0.3, -0.25) is 0 Å². The summed E-state index contributed by atoms with van der Waals surface area (Å²) in [6, 6.07) is 3.73. The Morgan fingerprint density at radius 3 is 3.00 bits per heavy atom. The fourth-order valence-electron chi connectivity index (χ4n) is 3.37. The number of nitrogens with zero attached hydrogens (tertiary/aromatic N) is 1. The maximum Gasteiger partial charge on any atom is 0.149 e. The van der Waals surface area contributed by atoms with E-state index in [1.165, 1.54) is 6.42 Å². The highest BCUT2D eigenvalue weighted by atomic mass is 79.9. The predicted molar refractivity (Wildman–Crippen MR) is 76.8 cm³/mol. The van der Waals surface area contributed by atoms with Crippen LogP contribution >= 0.6 is 27.5 Å². The van der Waals surface area contributed by atoms with Gasteiger partial charge in [0.05, 0.1) is 10.6 Å². The van der Waals surface area contributed by atoms with Crippen molar-refractivity contribution in [2.45, 2.75) is 37.3 Å². The molecule has 3 rings (SSSR count). The first-order valence-corrected chi connectivity index (χ1v) is 7.79. The lowest BCUT2D eigenvalue weighted by Crippen LogP contribution is -2.46. The molecule has 104 valence electrons. The summed E-state index contributed by atoms with van der Waals surface area (Å²) < 4.78 is 14.8. The molecule has 1 aromatic carbocycles. The van der Waals surface area contributed by atoms with Gasteiger partial charge < -0.3 is 10.0 Å². The number of fused-ring (bicyclic) bond motifs is 1. The van der Waals surface area contributed by atoms with Crippen LogP contribution in [0.5, 0.6) is 0 Å². The van der Waals surface area contributed by atoms with Crippen molar-refractivity contribution in [2.75, 3.05) is 13.1 Å². The first-order chi connectivity index (χ1) is 9.01. The van der Waals surface area contributed by atoms with Gasteiger partial charge in [0.15, 0.2) is 0 Å². The van der Waals surface area contributed by atoms with Gasteiger partial charge in [-0.1, -0.05) is 17.7 Å². The molecule has 0 spiro atoms. The number of benzene rings is 1. The van der Waals surface area contributed by atoms with Crippen molar-refractivity contribution in [2.24, 2.45) is 0 Å². The van der Waals surface area contributed by atoms with Gasteiger partial charge in [0.2, 0.25) is 0 Å². The number of aliphatic hydroxyl groups is 1. The Bertz CT molecular complexity index is 512. The highest BCUT2D eigenvalue weighted by Crippen LogP contribution is 2.42. The monoisotopic (exact) mass is 347 g/mol. The quantitative estimate of drug-likeness (QED) is 0.783. The van der Waals surface area contributed by atoms with Crippen molar-refractivity contribution >= 4 is 27.5 Å². The van der Waals surface area contributed by atoms with Crippen LogP contribution in [0, 0.1) is 5.82 Å². The molecule has 0 aliphatic carbocycles. The van der Waals surface area contributed by atoms with Crippen LogP contribution in [0.4, 0.5) is 4.39 Å². The topological polar surface area (TPSA) is 23.5 Å². The van der Waals surface area contributed by atoms with Crippen LogP contribution in [0.3, 0.4) is 0 Å². The van der Waals surface area contributed by atoms with Gasteiger partial charge >= 0.3 is 0 Å². The summed E-state index contributed by atoms with van der Waals surface area (Å²) in [5, 5.41) is 10.9. The summed E-state index contributed by atoms with van der Waals surface area (Å²) >= 11 is 9.14. The van der Waals surface area contributed by atoms with Crippen molar-refractivity contribution in [3.05, 3.63) is 33.0 Å². The molecule has 0 amide bonds. The second kappa shape index (κ2) is 4.99. The minimum atomic E-state index is -1.08. The maximum absolute atomic E-state index is 14.3. The average molecular weight is 349 g/mol. The van der Waals surface area contributed by atoms with Crippen LogP contribution < -0.4 is 0 Å². The number of piperidine rings is 1. The Balaban J connectivity index is 1.95. The van der Waals surface area contributed by atoms with E-state index < -0.39 is 11.4 Å². The van der Waals surface area contributed by atoms with Crippen molar-refractivity contribution in [1.29, 1.82) is 0 Å². The van der Waals surface area contributed by atoms with Gasteiger partial charge in [-0.2, -0.15) is 0 Å². The SMILES string of the molecule is OC1(c2ccc(Br)c(Cl)c2F)CCN2CCCC2C1. The van der Waals surface area contributed by atoms with E-state index in [9.17, 15) is 9.50 Å². The largest absolute Gasteiger partial charge is 0.385 e. The Morgan fingerprint density at radius 2 is 2.21 bits per heavy atom. The van der Waals surface area contributed by atoms with E-state index >= 15 is 0 Å². The fraction of sp³-hybridized carbons (Fsp3) is 0.571. The van der Waals surface area contributed by atoms with E-state index in [1.54, 1.807) is 12.1 Å². The zero-order valence-corrected chi connectivity index (χ0v) is 12.8. The van der Waals surface area contributed by atoms with Gasteiger partial charge in [-0.05, 0) is 54.2 Å². The Kier molecular flexibility index (Phi) is 3.63. The smallest absolute Gasteiger partial charge is 0.149 e. The molecule has 0 aromatic heterocycles. The zero-order chi connectivity index (χ0) is 13.6. The standard InChI is InChI=1S/C14H16BrClFNO/c15-11-4-3-10(13(17)12(11)16)14(19)5-7-18-6-1-2-9(18)8-14/h3-4,9,19H,1-2,5-8H2. The summed E-state index contributed by atoms with van der Waals surface area (Å²) in [5.41, 5.74) is -0.743. The van der Waals surface area contributed by atoms with Gasteiger partial charge in [0.25, 0.3) is 0 Å². The third-order valence-electron chi connectivity index (χ3n) is 4.42. The van der Waals surface area contributed by atoms with Gasteiger partial charge in [-0.15, -0.1) is 0 Å². The minimum Gasteiger partial charge on any atom is -0.385 e. The fourth-order valence-corrected chi connectivity index (χ4v) is 3.84. The maximum atomic E-state index is 14.3. The Morgan fingerprint density at radius 1 is 1.42 bits per heavy atom. The molecule has 2 atom stereocenters. The lowest BCUT2D eigenvalue weighted by molar-refractivity contribution is -0.0432. The molecular formula is C14H16BrClFNO. The van der Waals surface area contributed by atoms with E-state index in [-0.39, 0.29) is 5.02 Å². The molecule has 0 radical (unpaired) electrons. The van der Waals surface area contributed by atoms with E-state index in [0.29, 0.717) is 28.9 Å². The van der Waals surface area contributed by atoms with Crippen LogP contribution in [0.15, 0.2) is 16.6 Å². The van der Waals surface area contributed by atoms with Crippen molar-refractivity contribution in [3.63, 3.8) is 0 Å². The van der Waals surface area contributed by atoms with Gasteiger partial charge in [0.1, 0.15) is 5.82 Å². The normalized spacial score (nSPS) is 31.5. The first-order valence-electron chi connectivity index (χ1n) is 6.62. The lowest BCUT2D eigenvalue weighted by atomic mass is 9.81. The second-order valence-corrected chi connectivity index (χ2v) is 6.77. The molecule has 2 fully saturated rings. The van der Waals surface area contributed by atoms with Crippen LogP contribution in [0.2, 0.25) is 5.02 Å². The van der Waals surface area contributed by atoms with Gasteiger partial charge in [0, 0.05) is 22.6 Å². The molecule has 2 aliphatic rings. The van der Waals surface area contributed by atoms with Crippen LogP contribution in [0.25, 0.3) is 0 Å². The summed E-state index contributed by atoms with van der Waals surface area (Å²) in [5.74, 6) is -0.495. The molecule has 0 saturated carbocycles. The summed E-state index contributed by atoms with van der Waals surface area (Å²) in [4.78, 5) is 2.40. The molecule has 5 heteroatoms. The van der Waals surface area contributed by atoms with Crippen molar-refractivity contribution in [3.8, 4) is 0 Å². The van der Waals surface area contributed by atoms with E-state index in [0.717, 1.165) is 19.5 Å². The van der Waals surface area contributed by atoms with Crippen LogP contribution in [-0.4, -0.2) is 29.1 Å². The third-order valence-corrected chi connectivity index (χ3v) is 5.68. The molecule has 19 heavy (non-hydrogen) atoms. The number of hydrogen-bond acceptors (Lipinski definition) is 2. The molecule has 2 nitrogen and oxygen atoms in total. The summed E-state index contributed by atoms with van der Waals surface area (Å²) in [6.07, 6.45) is 3.43. The Hall–Kier alpha value is -0.160. The van der Waals surface area contributed by atoms with E-state index in [4.69, 9.17) is 11.6 Å². The predicted octanol–water partition coefficient (Wildman–Crippen LogP) is 3.69. The third kappa shape index (κ3) is 2.33. The van der Waals surface area contributed by atoms with E-state index in [1.807, 2.05) is 0 Å². The van der Waals surface area contributed by atoms with Gasteiger partial charge in [-0.25, -0.2) is 4.39 Å². The number of halogens is 3. The highest BCUT2D eigenvalue weighted by Gasteiger charge is 2.42. The lowest BCUT2D eigenvalue weighted by Gasteiger charge is -2.41. The summed E-state index contributed by atoms with van der Waals surface area (Å²) in [7, 11) is 0. The molecule has 2 heterocycles. The molecule has 2 saturated heterocycles. The van der Waals surface area contributed by atoms with E-state index in [2.05, 4.69) is 20.8 Å². The van der Waals surface area contributed by atoms with Crippen molar-refractivity contribution in [1.82, 2.24) is 4.90 Å². The van der Waals surface area contributed by atoms with Crippen LogP contribution in [0.1, 0.15) is 31.2 Å². The first kappa shape index (κ1) is 13.8. The number of rotatable bonds is 1.